The third kappa shape index (κ3) is 3.68. The van der Waals surface area contributed by atoms with Crippen LogP contribution in [0.3, 0.4) is 0 Å². The molecule has 0 bridgehead atoms. The van der Waals surface area contributed by atoms with Crippen LogP contribution in [0.25, 0.3) is 0 Å². The lowest BCUT2D eigenvalue weighted by atomic mass is 9.69. The lowest BCUT2D eigenvalue weighted by Gasteiger charge is -2.39. The summed E-state index contributed by atoms with van der Waals surface area (Å²) in [6.07, 6.45) is 7.50. The van der Waals surface area contributed by atoms with Crippen LogP contribution >= 0.6 is 11.3 Å². The second-order valence-corrected chi connectivity index (χ2v) is 7.45. The average molecular weight is 281 g/mol. The molecule has 1 saturated carbocycles. The highest BCUT2D eigenvalue weighted by Crippen LogP contribution is 2.40. The number of hydrogen-bond donors (Lipinski definition) is 1. The summed E-state index contributed by atoms with van der Waals surface area (Å²) in [5.41, 5.74) is 0.503. The number of nitrogens with zero attached hydrogens (tertiary/aromatic N) is 2. The molecule has 108 valence electrons. The van der Waals surface area contributed by atoms with Gasteiger partial charge in [0.25, 0.3) is 0 Å². The van der Waals surface area contributed by atoms with E-state index in [2.05, 4.69) is 43.2 Å². The predicted molar refractivity (Wildman–Crippen MR) is 82.7 cm³/mol. The van der Waals surface area contributed by atoms with Crippen molar-refractivity contribution in [3.05, 3.63) is 5.01 Å². The van der Waals surface area contributed by atoms with Gasteiger partial charge in [-0.05, 0) is 43.4 Å². The molecule has 1 fully saturated rings. The normalized spacial score (nSPS) is 24.4. The van der Waals surface area contributed by atoms with Crippen molar-refractivity contribution in [3.8, 4) is 0 Å². The third-order valence-electron chi connectivity index (χ3n) is 4.84. The highest BCUT2D eigenvalue weighted by molar-refractivity contribution is 7.15. The lowest BCUT2D eigenvalue weighted by Crippen LogP contribution is -2.32. The van der Waals surface area contributed by atoms with E-state index < -0.39 is 0 Å². The Labute approximate surface area is 121 Å². The fourth-order valence-electron chi connectivity index (χ4n) is 2.94. The van der Waals surface area contributed by atoms with Gasteiger partial charge in [-0.1, -0.05) is 45.5 Å². The van der Waals surface area contributed by atoms with Gasteiger partial charge in [-0.25, -0.2) is 0 Å². The maximum absolute atomic E-state index is 4.22. The minimum atomic E-state index is 0.503. The topological polar surface area (TPSA) is 37.8 Å². The average Bonchev–Trinajstić information content (AvgIpc) is 2.87. The molecule has 1 aliphatic rings. The Morgan fingerprint density at radius 3 is 2.37 bits per heavy atom. The maximum atomic E-state index is 4.22. The molecule has 1 heterocycles. The molecule has 0 amide bonds. The quantitative estimate of drug-likeness (QED) is 0.863. The summed E-state index contributed by atoms with van der Waals surface area (Å²) in [5.74, 6) is 0.885. The first-order chi connectivity index (χ1) is 9.05. The van der Waals surface area contributed by atoms with Crippen LogP contribution in [0.5, 0.6) is 0 Å². The van der Waals surface area contributed by atoms with Crippen molar-refractivity contribution in [3.63, 3.8) is 0 Å². The van der Waals surface area contributed by atoms with E-state index in [1.807, 2.05) is 0 Å². The van der Waals surface area contributed by atoms with Gasteiger partial charge in [-0.2, -0.15) is 0 Å². The molecule has 0 aromatic carbocycles. The van der Waals surface area contributed by atoms with Crippen LogP contribution in [-0.4, -0.2) is 16.2 Å². The Kier molecular flexibility index (Phi) is 4.82. The van der Waals surface area contributed by atoms with E-state index in [0.717, 1.165) is 22.5 Å². The number of rotatable bonds is 5. The zero-order valence-electron chi connectivity index (χ0n) is 12.7. The SMILES string of the molecule is CCc1nnc(NC2CCC(C(C)(C)CC)CC2)s1. The van der Waals surface area contributed by atoms with E-state index in [0.29, 0.717) is 11.5 Å². The van der Waals surface area contributed by atoms with Gasteiger partial charge in [0.1, 0.15) is 5.01 Å². The number of aromatic nitrogens is 2. The van der Waals surface area contributed by atoms with E-state index >= 15 is 0 Å². The minimum absolute atomic E-state index is 0.503. The first kappa shape index (κ1) is 14.8. The summed E-state index contributed by atoms with van der Waals surface area (Å²) < 4.78 is 0. The van der Waals surface area contributed by atoms with Gasteiger partial charge in [-0.3, -0.25) is 0 Å². The van der Waals surface area contributed by atoms with Crippen molar-refractivity contribution in [2.24, 2.45) is 11.3 Å². The summed E-state index contributed by atoms with van der Waals surface area (Å²) in [4.78, 5) is 0. The molecule has 1 aromatic heterocycles. The largest absolute Gasteiger partial charge is 0.357 e. The molecular weight excluding hydrogens is 254 g/mol. The smallest absolute Gasteiger partial charge is 0.205 e. The van der Waals surface area contributed by atoms with Crippen LogP contribution in [0.2, 0.25) is 0 Å². The second-order valence-electron chi connectivity index (χ2n) is 6.39. The van der Waals surface area contributed by atoms with E-state index in [9.17, 15) is 0 Å². The Bertz CT molecular complexity index is 392. The highest BCUT2D eigenvalue weighted by atomic mass is 32.1. The third-order valence-corrected chi connectivity index (χ3v) is 5.84. The van der Waals surface area contributed by atoms with E-state index in [4.69, 9.17) is 0 Å². The Morgan fingerprint density at radius 1 is 1.16 bits per heavy atom. The van der Waals surface area contributed by atoms with E-state index in [-0.39, 0.29) is 0 Å². The first-order valence-electron chi connectivity index (χ1n) is 7.64. The van der Waals surface area contributed by atoms with Crippen molar-refractivity contribution in [2.45, 2.75) is 72.3 Å². The molecule has 1 aromatic rings. The minimum Gasteiger partial charge on any atom is -0.357 e. The monoisotopic (exact) mass is 281 g/mol. The maximum Gasteiger partial charge on any atom is 0.205 e. The summed E-state index contributed by atoms with van der Waals surface area (Å²) >= 11 is 1.70. The van der Waals surface area contributed by atoms with Crippen molar-refractivity contribution in [2.75, 3.05) is 5.32 Å². The molecule has 0 spiro atoms. The van der Waals surface area contributed by atoms with Gasteiger partial charge in [-0.15, -0.1) is 10.2 Å². The molecule has 19 heavy (non-hydrogen) atoms. The van der Waals surface area contributed by atoms with Crippen LogP contribution in [-0.2, 0) is 6.42 Å². The molecule has 1 aliphatic carbocycles. The van der Waals surface area contributed by atoms with Gasteiger partial charge in [0.15, 0.2) is 0 Å². The Hall–Kier alpha value is -0.640. The van der Waals surface area contributed by atoms with Gasteiger partial charge >= 0.3 is 0 Å². The molecule has 0 saturated heterocycles. The number of aryl methyl sites for hydroxylation is 1. The van der Waals surface area contributed by atoms with E-state index in [1.165, 1.54) is 32.1 Å². The fourth-order valence-corrected chi connectivity index (χ4v) is 3.69. The number of hydrogen-bond acceptors (Lipinski definition) is 4. The molecule has 0 radical (unpaired) electrons. The van der Waals surface area contributed by atoms with Crippen LogP contribution in [0.15, 0.2) is 0 Å². The van der Waals surface area contributed by atoms with E-state index in [1.54, 1.807) is 11.3 Å². The van der Waals surface area contributed by atoms with Crippen molar-refractivity contribution < 1.29 is 0 Å². The van der Waals surface area contributed by atoms with Crippen molar-refractivity contribution in [1.29, 1.82) is 0 Å². The van der Waals surface area contributed by atoms with Gasteiger partial charge in [0, 0.05) is 6.04 Å². The predicted octanol–water partition coefficient (Wildman–Crippen LogP) is 4.51. The number of nitrogens with one attached hydrogen (secondary N) is 1. The van der Waals surface area contributed by atoms with Gasteiger partial charge < -0.3 is 5.32 Å². The highest BCUT2D eigenvalue weighted by Gasteiger charge is 2.31. The number of anilines is 1. The van der Waals surface area contributed by atoms with Crippen LogP contribution in [0.4, 0.5) is 5.13 Å². The van der Waals surface area contributed by atoms with Crippen molar-refractivity contribution in [1.82, 2.24) is 10.2 Å². The summed E-state index contributed by atoms with van der Waals surface area (Å²) in [7, 11) is 0. The molecule has 0 atom stereocenters. The zero-order chi connectivity index (χ0) is 13.9. The zero-order valence-corrected chi connectivity index (χ0v) is 13.5. The van der Waals surface area contributed by atoms with Crippen molar-refractivity contribution >= 4 is 16.5 Å². The summed E-state index contributed by atoms with van der Waals surface area (Å²) in [6, 6.07) is 0.599. The first-order valence-corrected chi connectivity index (χ1v) is 8.45. The Balaban J connectivity index is 1.83. The molecule has 0 aliphatic heterocycles. The molecule has 3 nitrogen and oxygen atoms in total. The molecule has 1 N–H and O–H groups in total. The fraction of sp³-hybridized carbons (Fsp3) is 0.867. The Morgan fingerprint density at radius 2 is 1.84 bits per heavy atom. The molecule has 4 heteroatoms. The lowest BCUT2D eigenvalue weighted by molar-refractivity contribution is 0.147. The summed E-state index contributed by atoms with van der Waals surface area (Å²) in [5, 5.41) is 14.1. The van der Waals surface area contributed by atoms with Crippen LogP contribution in [0, 0.1) is 11.3 Å². The molecule has 2 rings (SSSR count). The molecule has 0 unspecified atom stereocenters. The summed E-state index contributed by atoms with van der Waals surface area (Å²) in [6.45, 7) is 9.29. The molecular formula is C15H27N3S. The van der Waals surface area contributed by atoms with Gasteiger partial charge in [0.2, 0.25) is 5.13 Å². The van der Waals surface area contributed by atoms with Gasteiger partial charge in [0.05, 0.1) is 0 Å². The van der Waals surface area contributed by atoms with Crippen LogP contribution in [0.1, 0.15) is 64.8 Å². The van der Waals surface area contributed by atoms with Crippen LogP contribution < -0.4 is 5.32 Å². The standard InChI is InChI=1S/C15H27N3S/c1-5-13-17-18-14(19-13)16-12-9-7-11(8-10-12)15(3,4)6-2/h11-12H,5-10H2,1-4H3,(H,16,18). The second kappa shape index (κ2) is 6.21.